The Labute approximate surface area is 85.0 Å². The average molecular weight is 198 g/mol. The van der Waals surface area contributed by atoms with Gasteiger partial charge in [-0.2, -0.15) is 0 Å². The van der Waals surface area contributed by atoms with Gasteiger partial charge in [-0.25, -0.2) is 0 Å². The van der Waals surface area contributed by atoms with Gasteiger partial charge in [0.2, 0.25) is 0 Å². The van der Waals surface area contributed by atoms with E-state index < -0.39 is 8.25 Å². The van der Waals surface area contributed by atoms with Gasteiger partial charge in [-0.15, -0.1) is 0 Å². The van der Waals surface area contributed by atoms with Crippen LogP contribution in [-0.2, 0) is 21.6 Å². The molecule has 0 saturated carbocycles. The summed E-state index contributed by atoms with van der Waals surface area (Å²) in [5.74, 6) is 0. The molecule has 0 unspecified atom stereocenters. The Bertz CT molecular complexity index is 41.5. The molecule has 4 nitrogen and oxygen atoms in total. The van der Waals surface area contributed by atoms with E-state index in [-0.39, 0.29) is 63.1 Å². The number of rotatable bonds is 0. The first-order valence-electron chi connectivity index (χ1n) is 0.651. The first kappa shape index (κ1) is 23.1. The summed E-state index contributed by atoms with van der Waals surface area (Å²) in [5.41, 5.74) is 0. The van der Waals surface area contributed by atoms with E-state index in [0.717, 1.165) is 0 Å². The van der Waals surface area contributed by atoms with Crippen molar-refractivity contribution in [3.63, 3.8) is 0 Å². The Morgan fingerprint density at radius 1 is 1.43 bits per heavy atom. The van der Waals surface area contributed by atoms with Gasteiger partial charge < -0.3 is 18.1 Å². The summed E-state index contributed by atoms with van der Waals surface area (Å²) in [6, 6.07) is 0. The summed E-state index contributed by atoms with van der Waals surface area (Å²) >= 11 is 0. The zero-order valence-corrected chi connectivity index (χ0v) is 7.68. The van der Waals surface area contributed by atoms with E-state index >= 15 is 0 Å². The van der Waals surface area contributed by atoms with Crippen molar-refractivity contribution >= 4 is 46.0 Å². The van der Waals surface area contributed by atoms with E-state index in [9.17, 15) is 0 Å². The normalized spacial score (nSPS) is 5.00. The summed E-state index contributed by atoms with van der Waals surface area (Å²) in [4.78, 5) is 14.3. The van der Waals surface area contributed by atoms with Gasteiger partial charge in [-0.05, 0) is 0 Å². The molecular weight excluding hydrogens is 191 g/mol. The van der Waals surface area contributed by atoms with Crippen molar-refractivity contribution in [2.45, 2.75) is 0 Å². The third-order valence-electron chi connectivity index (χ3n) is 0. The SMILES string of the molecule is O.O=[PH](O)O.[Ca+2].[Fe].[H-].[H-]. The Morgan fingerprint density at radius 2 is 1.43 bits per heavy atom. The molecule has 0 bridgehead atoms. The summed E-state index contributed by atoms with van der Waals surface area (Å²) < 4.78 is 8.74. The summed E-state index contributed by atoms with van der Waals surface area (Å²) in [6.07, 6.45) is 0. The van der Waals surface area contributed by atoms with Crippen LogP contribution in [0.1, 0.15) is 2.85 Å². The van der Waals surface area contributed by atoms with Crippen molar-refractivity contribution in [2.24, 2.45) is 0 Å². The second-order valence-corrected chi connectivity index (χ2v) is 0.848. The smallest absolute Gasteiger partial charge is 1.00 e. The summed E-state index contributed by atoms with van der Waals surface area (Å²) in [6.45, 7) is 0. The van der Waals surface area contributed by atoms with E-state index in [1.165, 1.54) is 0 Å². The molecule has 0 spiro atoms. The Hall–Kier alpha value is 1.89. The van der Waals surface area contributed by atoms with E-state index in [1.807, 2.05) is 0 Å². The molecule has 0 aliphatic heterocycles. The van der Waals surface area contributed by atoms with Gasteiger partial charge in [0, 0.05) is 17.1 Å². The minimum atomic E-state index is -3.13. The molecule has 0 aromatic heterocycles. The fourth-order valence-electron chi connectivity index (χ4n) is 0. The van der Waals surface area contributed by atoms with Crippen LogP contribution in [0.3, 0.4) is 0 Å². The maximum absolute atomic E-state index is 8.74. The molecule has 0 aliphatic rings. The minimum Gasteiger partial charge on any atom is -1.00 e. The van der Waals surface area contributed by atoms with Crippen LogP contribution in [0.2, 0.25) is 0 Å². The van der Waals surface area contributed by atoms with Gasteiger partial charge in [-0.1, -0.05) is 0 Å². The van der Waals surface area contributed by atoms with Gasteiger partial charge in [0.25, 0.3) is 0 Å². The fourth-order valence-corrected chi connectivity index (χ4v) is 0. The van der Waals surface area contributed by atoms with Crippen molar-refractivity contribution < 1.29 is 39.8 Å². The van der Waals surface area contributed by atoms with Crippen LogP contribution in [0, 0.1) is 0 Å². The molecular formula is H7CaFeO4P. The predicted octanol–water partition coefficient (Wildman–Crippen LogP) is -1.62. The van der Waals surface area contributed by atoms with E-state index in [0.29, 0.717) is 0 Å². The maximum atomic E-state index is 8.74. The van der Waals surface area contributed by atoms with Gasteiger partial charge in [-0.3, -0.25) is 4.57 Å². The molecule has 0 aromatic rings. The molecule has 0 amide bonds. The first-order valence-corrected chi connectivity index (χ1v) is 1.95. The second-order valence-electron chi connectivity index (χ2n) is 0.283. The van der Waals surface area contributed by atoms with Crippen LogP contribution in [0.15, 0.2) is 0 Å². The van der Waals surface area contributed by atoms with Crippen molar-refractivity contribution in [3.8, 4) is 0 Å². The van der Waals surface area contributed by atoms with Gasteiger partial charge >= 0.3 is 46.0 Å². The Morgan fingerprint density at radius 3 is 1.43 bits per heavy atom. The number of hydrogen-bond donors (Lipinski definition) is 2. The van der Waals surface area contributed by atoms with E-state index in [4.69, 9.17) is 14.4 Å². The average Bonchev–Trinajstić information content (AvgIpc) is 0.811. The third-order valence-corrected chi connectivity index (χ3v) is 0. The minimum absolute atomic E-state index is 0. The quantitative estimate of drug-likeness (QED) is 0.362. The van der Waals surface area contributed by atoms with Crippen LogP contribution in [0.5, 0.6) is 0 Å². The molecule has 7 heavy (non-hydrogen) atoms. The standard InChI is InChI=1S/Ca.Fe.H3O3P.H2O.2H/c;;1-4(2)3;;;/h;;4H,(H2,1,2,3);1H2;;/q+2;;;;2*-1. The summed E-state index contributed by atoms with van der Waals surface area (Å²) in [5, 5.41) is 0. The monoisotopic (exact) mass is 198 g/mol. The molecule has 4 N–H and O–H groups in total. The van der Waals surface area contributed by atoms with Crippen LogP contribution < -0.4 is 0 Å². The molecule has 46 valence electrons. The molecule has 0 fully saturated rings. The number of hydrogen-bond acceptors (Lipinski definition) is 1. The van der Waals surface area contributed by atoms with Crippen LogP contribution in [0.25, 0.3) is 0 Å². The maximum Gasteiger partial charge on any atom is 2.00 e. The molecule has 0 aromatic carbocycles. The molecule has 0 aliphatic carbocycles. The molecule has 0 heterocycles. The molecule has 0 atom stereocenters. The fraction of sp³-hybridized carbons (Fsp3) is 0. The Balaban J connectivity index is -0.00000000450. The van der Waals surface area contributed by atoms with E-state index in [1.54, 1.807) is 0 Å². The predicted molar refractivity (Wildman–Crippen MR) is 25.0 cm³/mol. The van der Waals surface area contributed by atoms with Crippen LogP contribution in [-0.4, -0.2) is 53.0 Å². The van der Waals surface area contributed by atoms with Gasteiger partial charge in [0.1, 0.15) is 0 Å². The largest absolute Gasteiger partial charge is 2.00 e. The zero-order chi connectivity index (χ0) is 3.58. The third kappa shape index (κ3) is 76.7. The molecule has 0 rings (SSSR count). The van der Waals surface area contributed by atoms with Crippen molar-refractivity contribution in [2.75, 3.05) is 0 Å². The second kappa shape index (κ2) is 15.7. The Kier molecular flexibility index (Phi) is 51.8. The van der Waals surface area contributed by atoms with Crippen molar-refractivity contribution in [1.82, 2.24) is 0 Å². The first-order chi connectivity index (χ1) is 1.73. The zero-order valence-electron chi connectivity index (χ0n) is 5.36. The van der Waals surface area contributed by atoms with Crippen LogP contribution in [0.4, 0.5) is 0 Å². The van der Waals surface area contributed by atoms with Gasteiger partial charge in [0.15, 0.2) is 0 Å². The van der Waals surface area contributed by atoms with Crippen molar-refractivity contribution in [1.29, 1.82) is 0 Å². The molecule has 0 saturated heterocycles. The topological polar surface area (TPSA) is 89.0 Å². The van der Waals surface area contributed by atoms with E-state index in [2.05, 4.69) is 0 Å². The van der Waals surface area contributed by atoms with Gasteiger partial charge in [0.05, 0.1) is 0 Å². The molecule has 7 heteroatoms. The molecule has 0 radical (unpaired) electrons. The summed E-state index contributed by atoms with van der Waals surface area (Å²) in [7, 11) is -3.13. The van der Waals surface area contributed by atoms with Crippen molar-refractivity contribution in [3.05, 3.63) is 0 Å². The van der Waals surface area contributed by atoms with Crippen LogP contribution >= 0.6 is 8.25 Å².